The molecule has 0 atom stereocenters. The standard InChI is InChI=1S/C22H38N6OS/c1-3-19-17-25-20(30-19)9-10-24-22(23-4-2)28-15-13-26(14-16-28)18-21(29)27-11-7-5-6-8-12-27/h17H,3-16,18H2,1-2H3,(H,23,24). The third-order valence-corrected chi connectivity index (χ3v) is 7.06. The zero-order valence-electron chi connectivity index (χ0n) is 18.7. The summed E-state index contributed by atoms with van der Waals surface area (Å²) in [6, 6.07) is 0. The molecule has 3 heterocycles. The summed E-state index contributed by atoms with van der Waals surface area (Å²) in [6.07, 6.45) is 8.76. The molecule has 0 aromatic carbocycles. The summed E-state index contributed by atoms with van der Waals surface area (Å²) >= 11 is 1.80. The van der Waals surface area contributed by atoms with Crippen molar-refractivity contribution < 1.29 is 4.79 Å². The Morgan fingerprint density at radius 3 is 2.43 bits per heavy atom. The van der Waals surface area contributed by atoms with Crippen LogP contribution in [0, 0.1) is 0 Å². The number of amides is 1. The highest BCUT2D eigenvalue weighted by molar-refractivity contribution is 7.11. The first-order valence-electron chi connectivity index (χ1n) is 11.7. The molecule has 0 unspecified atom stereocenters. The molecule has 0 spiro atoms. The Hall–Kier alpha value is -1.67. The van der Waals surface area contributed by atoms with Gasteiger partial charge in [-0.15, -0.1) is 11.3 Å². The van der Waals surface area contributed by atoms with E-state index in [4.69, 9.17) is 4.99 Å². The summed E-state index contributed by atoms with van der Waals surface area (Å²) in [5, 5.41) is 4.60. The average Bonchev–Trinajstić information content (AvgIpc) is 3.04. The van der Waals surface area contributed by atoms with E-state index in [0.717, 1.165) is 84.0 Å². The summed E-state index contributed by atoms with van der Waals surface area (Å²) < 4.78 is 0. The SMILES string of the molecule is CCNC(=NCCc1ncc(CC)s1)N1CCN(CC(=O)N2CCCCCC2)CC1. The van der Waals surface area contributed by atoms with Gasteiger partial charge < -0.3 is 15.1 Å². The predicted octanol–water partition coefficient (Wildman–Crippen LogP) is 2.23. The minimum Gasteiger partial charge on any atom is -0.357 e. The van der Waals surface area contributed by atoms with Gasteiger partial charge in [0.25, 0.3) is 0 Å². The van der Waals surface area contributed by atoms with Crippen LogP contribution in [-0.2, 0) is 17.6 Å². The van der Waals surface area contributed by atoms with E-state index in [-0.39, 0.29) is 0 Å². The molecular formula is C22H38N6OS. The summed E-state index contributed by atoms with van der Waals surface area (Å²) in [4.78, 5) is 30.1. The fourth-order valence-electron chi connectivity index (χ4n) is 4.04. The number of aliphatic imine (C=N–C) groups is 1. The van der Waals surface area contributed by atoms with E-state index < -0.39 is 0 Å². The number of hydrogen-bond acceptors (Lipinski definition) is 5. The quantitative estimate of drug-likeness (QED) is 0.527. The van der Waals surface area contributed by atoms with Crippen LogP contribution in [0.15, 0.2) is 11.2 Å². The molecule has 1 N–H and O–H groups in total. The second-order valence-corrected chi connectivity index (χ2v) is 9.32. The lowest BCUT2D eigenvalue weighted by Crippen LogP contribution is -2.54. The molecule has 0 aliphatic carbocycles. The van der Waals surface area contributed by atoms with E-state index >= 15 is 0 Å². The maximum Gasteiger partial charge on any atom is 0.236 e. The molecule has 2 aliphatic heterocycles. The number of nitrogens with zero attached hydrogens (tertiary/aromatic N) is 5. The smallest absolute Gasteiger partial charge is 0.236 e. The van der Waals surface area contributed by atoms with Gasteiger partial charge in [-0.1, -0.05) is 19.8 Å². The zero-order chi connectivity index (χ0) is 21.2. The number of guanidine groups is 1. The molecule has 0 bridgehead atoms. The van der Waals surface area contributed by atoms with Crippen molar-refractivity contribution in [2.45, 2.75) is 52.4 Å². The van der Waals surface area contributed by atoms with E-state index in [0.29, 0.717) is 12.5 Å². The molecule has 1 aromatic rings. The normalized spacial score (nSPS) is 19.1. The number of hydrogen-bond donors (Lipinski definition) is 1. The van der Waals surface area contributed by atoms with Gasteiger partial charge >= 0.3 is 0 Å². The first kappa shape index (κ1) is 23.0. The lowest BCUT2D eigenvalue weighted by Gasteiger charge is -2.37. The van der Waals surface area contributed by atoms with Gasteiger partial charge in [0.2, 0.25) is 5.91 Å². The third kappa shape index (κ3) is 6.94. The Labute approximate surface area is 185 Å². The van der Waals surface area contributed by atoms with E-state index in [2.05, 4.69) is 38.8 Å². The van der Waals surface area contributed by atoms with Gasteiger partial charge in [-0.3, -0.25) is 14.7 Å². The van der Waals surface area contributed by atoms with Crippen LogP contribution in [-0.4, -0.2) is 90.5 Å². The Morgan fingerprint density at radius 1 is 1.07 bits per heavy atom. The van der Waals surface area contributed by atoms with Crippen LogP contribution in [0.5, 0.6) is 0 Å². The predicted molar refractivity (Wildman–Crippen MR) is 124 cm³/mol. The summed E-state index contributed by atoms with van der Waals surface area (Å²) in [6.45, 7) is 12.0. The van der Waals surface area contributed by atoms with E-state index in [1.807, 2.05) is 6.20 Å². The molecule has 1 aromatic heterocycles. The molecule has 1 amide bonds. The topological polar surface area (TPSA) is 64.1 Å². The monoisotopic (exact) mass is 434 g/mol. The molecule has 2 fully saturated rings. The average molecular weight is 435 g/mol. The Kier molecular flexibility index (Phi) is 9.39. The first-order chi connectivity index (χ1) is 14.7. The maximum atomic E-state index is 12.7. The highest BCUT2D eigenvalue weighted by atomic mass is 32.1. The summed E-state index contributed by atoms with van der Waals surface area (Å²) in [5.74, 6) is 1.30. The number of carbonyl (C=O) groups excluding carboxylic acids is 1. The molecule has 168 valence electrons. The van der Waals surface area contributed by atoms with Crippen molar-refractivity contribution in [1.82, 2.24) is 25.0 Å². The van der Waals surface area contributed by atoms with Gasteiger partial charge in [-0.05, 0) is 26.2 Å². The fourth-order valence-corrected chi connectivity index (χ4v) is 4.89. The van der Waals surface area contributed by atoms with Crippen LogP contribution < -0.4 is 5.32 Å². The van der Waals surface area contributed by atoms with Crippen molar-refractivity contribution in [1.29, 1.82) is 0 Å². The molecule has 7 nitrogen and oxygen atoms in total. The lowest BCUT2D eigenvalue weighted by molar-refractivity contribution is -0.132. The molecule has 2 aliphatic rings. The fraction of sp³-hybridized carbons (Fsp3) is 0.773. The van der Waals surface area contributed by atoms with Crippen molar-refractivity contribution >= 4 is 23.2 Å². The van der Waals surface area contributed by atoms with Crippen LogP contribution in [0.4, 0.5) is 0 Å². The van der Waals surface area contributed by atoms with Crippen LogP contribution >= 0.6 is 11.3 Å². The number of piperazine rings is 1. The number of nitrogens with one attached hydrogen (secondary N) is 1. The molecular weight excluding hydrogens is 396 g/mol. The van der Waals surface area contributed by atoms with Crippen LogP contribution in [0.2, 0.25) is 0 Å². The Bertz CT molecular complexity index is 675. The van der Waals surface area contributed by atoms with Crippen molar-refractivity contribution in [2.75, 3.05) is 58.9 Å². The van der Waals surface area contributed by atoms with Crippen molar-refractivity contribution in [3.8, 4) is 0 Å². The lowest BCUT2D eigenvalue weighted by atomic mass is 10.2. The molecule has 2 saturated heterocycles. The number of aromatic nitrogens is 1. The number of carbonyl (C=O) groups is 1. The van der Waals surface area contributed by atoms with Gasteiger partial charge in [0.15, 0.2) is 5.96 Å². The number of aryl methyl sites for hydroxylation is 1. The van der Waals surface area contributed by atoms with Crippen molar-refractivity contribution in [3.63, 3.8) is 0 Å². The third-order valence-electron chi connectivity index (χ3n) is 5.86. The second kappa shape index (κ2) is 12.2. The largest absolute Gasteiger partial charge is 0.357 e. The molecule has 3 rings (SSSR count). The van der Waals surface area contributed by atoms with Crippen LogP contribution in [0.3, 0.4) is 0 Å². The van der Waals surface area contributed by atoms with E-state index in [1.165, 1.54) is 22.7 Å². The van der Waals surface area contributed by atoms with Crippen molar-refractivity contribution in [2.24, 2.45) is 4.99 Å². The van der Waals surface area contributed by atoms with E-state index in [9.17, 15) is 4.79 Å². The van der Waals surface area contributed by atoms with Gasteiger partial charge in [-0.2, -0.15) is 0 Å². The minimum absolute atomic E-state index is 0.306. The maximum absolute atomic E-state index is 12.7. The van der Waals surface area contributed by atoms with Gasteiger partial charge in [0, 0.05) is 69.9 Å². The molecule has 8 heteroatoms. The zero-order valence-corrected chi connectivity index (χ0v) is 19.6. The Morgan fingerprint density at radius 2 is 1.80 bits per heavy atom. The van der Waals surface area contributed by atoms with Gasteiger partial charge in [0.1, 0.15) is 0 Å². The van der Waals surface area contributed by atoms with Crippen molar-refractivity contribution in [3.05, 3.63) is 16.1 Å². The molecule has 0 saturated carbocycles. The summed E-state index contributed by atoms with van der Waals surface area (Å²) in [5.41, 5.74) is 0. The minimum atomic E-state index is 0.306. The molecule has 0 radical (unpaired) electrons. The number of likely N-dealkylation sites (tertiary alicyclic amines) is 1. The highest BCUT2D eigenvalue weighted by Crippen LogP contribution is 2.14. The Balaban J connectivity index is 1.45. The van der Waals surface area contributed by atoms with Crippen LogP contribution in [0.25, 0.3) is 0 Å². The van der Waals surface area contributed by atoms with Gasteiger partial charge in [0.05, 0.1) is 11.6 Å². The number of rotatable bonds is 7. The summed E-state index contributed by atoms with van der Waals surface area (Å²) in [7, 11) is 0. The highest BCUT2D eigenvalue weighted by Gasteiger charge is 2.23. The number of thiazole rings is 1. The van der Waals surface area contributed by atoms with Gasteiger partial charge in [-0.25, -0.2) is 4.98 Å². The van der Waals surface area contributed by atoms with E-state index in [1.54, 1.807) is 11.3 Å². The van der Waals surface area contributed by atoms with Crippen LogP contribution in [0.1, 0.15) is 49.4 Å². The molecule has 30 heavy (non-hydrogen) atoms. The first-order valence-corrected chi connectivity index (χ1v) is 12.5. The second-order valence-electron chi connectivity index (χ2n) is 8.12.